The molecular formula is C15H25N3O. The largest absolute Gasteiger partial charge is 0.372 e. The van der Waals surface area contributed by atoms with E-state index in [-0.39, 0.29) is 6.10 Å². The van der Waals surface area contributed by atoms with Crippen LogP contribution in [0.15, 0.2) is 12.3 Å². The van der Waals surface area contributed by atoms with Crippen molar-refractivity contribution in [2.75, 3.05) is 20.7 Å². The zero-order valence-electron chi connectivity index (χ0n) is 12.7. The van der Waals surface area contributed by atoms with Crippen LogP contribution in [0.4, 0.5) is 0 Å². The van der Waals surface area contributed by atoms with Gasteiger partial charge in [-0.05, 0) is 46.4 Å². The molecule has 19 heavy (non-hydrogen) atoms. The molecule has 2 rings (SSSR count). The molecule has 2 atom stereocenters. The van der Waals surface area contributed by atoms with E-state index in [1.54, 1.807) is 0 Å². The molecule has 1 aromatic heterocycles. The Labute approximate surface area is 116 Å². The molecule has 4 nitrogen and oxygen atoms in total. The van der Waals surface area contributed by atoms with Crippen molar-refractivity contribution in [3.63, 3.8) is 0 Å². The summed E-state index contributed by atoms with van der Waals surface area (Å²) in [4.78, 5) is 2.30. The predicted octanol–water partition coefficient (Wildman–Crippen LogP) is 2.63. The molecule has 2 heterocycles. The third-order valence-electron chi connectivity index (χ3n) is 4.13. The quantitative estimate of drug-likeness (QED) is 0.840. The smallest absolute Gasteiger partial charge is 0.101 e. The molecule has 2 unspecified atom stereocenters. The summed E-state index contributed by atoms with van der Waals surface area (Å²) in [5.41, 5.74) is 3.69. The van der Waals surface area contributed by atoms with E-state index in [2.05, 4.69) is 44.0 Å². The van der Waals surface area contributed by atoms with E-state index in [0.29, 0.717) is 6.04 Å². The summed E-state index contributed by atoms with van der Waals surface area (Å²) in [6, 6.07) is 0.590. The van der Waals surface area contributed by atoms with Crippen molar-refractivity contribution < 1.29 is 4.74 Å². The van der Waals surface area contributed by atoms with Gasteiger partial charge in [-0.25, -0.2) is 0 Å². The van der Waals surface area contributed by atoms with Crippen LogP contribution in [0, 0.1) is 0 Å². The predicted molar refractivity (Wildman–Crippen MR) is 77.9 cm³/mol. The van der Waals surface area contributed by atoms with Gasteiger partial charge < -0.3 is 9.64 Å². The number of allylic oxidation sites excluding steroid dienone is 2. The molecule has 0 bridgehead atoms. The Balaban J connectivity index is 2.28. The highest BCUT2D eigenvalue weighted by atomic mass is 16.5. The van der Waals surface area contributed by atoms with Crippen molar-refractivity contribution in [1.82, 2.24) is 14.7 Å². The van der Waals surface area contributed by atoms with Gasteiger partial charge in [0.15, 0.2) is 0 Å². The van der Waals surface area contributed by atoms with Gasteiger partial charge in [-0.2, -0.15) is 5.10 Å². The molecule has 0 amide bonds. The van der Waals surface area contributed by atoms with Crippen LogP contribution in [0.3, 0.4) is 0 Å². The molecule has 0 aliphatic carbocycles. The van der Waals surface area contributed by atoms with Crippen LogP contribution < -0.4 is 0 Å². The number of hydrogen-bond donors (Lipinski definition) is 0. The van der Waals surface area contributed by atoms with Gasteiger partial charge in [-0.1, -0.05) is 6.08 Å². The van der Waals surface area contributed by atoms with Crippen LogP contribution in [0.2, 0.25) is 0 Å². The summed E-state index contributed by atoms with van der Waals surface area (Å²) < 4.78 is 7.97. The number of hydrogen-bond acceptors (Lipinski definition) is 3. The van der Waals surface area contributed by atoms with Gasteiger partial charge >= 0.3 is 0 Å². The Hall–Kier alpha value is -1.13. The Morgan fingerprint density at radius 3 is 2.89 bits per heavy atom. The summed E-state index contributed by atoms with van der Waals surface area (Å²) in [5, 5.41) is 4.41. The molecular weight excluding hydrogens is 238 g/mol. The highest BCUT2D eigenvalue weighted by Gasteiger charge is 2.29. The highest BCUT2D eigenvalue weighted by Crippen LogP contribution is 2.33. The topological polar surface area (TPSA) is 30.3 Å². The fourth-order valence-electron chi connectivity index (χ4n) is 2.73. The SMILES string of the molecule is CC=C(C)c1cnn(C)c1C1CC(N(C)C)CCO1. The average molecular weight is 263 g/mol. The molecule has 0 spiro atoms. The van der Waals surface area contributed by atoms with E-state index in [1.807, 2.05) is 17.9 Å². The monoisotopic (exact) mass is 263 g/mol. The standard InChI is InChI=1S/C15H25N3O/c1-6-11(2)13-10-16-18(5)15(13)14-9-12(17(3)4)7-8-19-14/h6,10,12,14H,7-9H2,1-5H3. The van der Waals surface area contributed by atoms with Crippen LogP contribution in [-0.4, -0.2) is 41.4 Å². The summed E-state index contributed by atoms with van der Waals surface area (Å²) in [5.74, 6) is 0. The lowest BCUT2D eigenvalue weighted by Crippen LogP contribution is -2.35. The Morgan fingerprint density at radius 2 is 2.26 bits per heavy atom. The molecule has 1 aliphatic rings. The molecule has 1 saturated heterocycles. The summed E-state index contributed by atoms with van der Waals surface area (Å²) in [6.45, 7) is 5.02. The maximum Gasteiger partial charge on any atom is 0.101 e. The molecule has 0 aromatic carbocycles. The molecule has 106 valence electrons. The van der Waals surface area contributed by atoms with Crippen LogP contribution in [-0.2, 0) is 11.8 Å². The van der Waals surface area contributed by atoms with Gasteiger partial charge in [-0.3, -0.25) is 4.68 Å². The zero-order valence-corrected chi connectivity index (χ0v) is 12.7. The second-order valence-electron chi connectivity index (χ2n) is 5.54. The molecule has 4 heteroatoms. The molecule has 0 radical (unpaired) electrons. The van der Waals surface area contributed by atoms with E-state index in [4.69, 9.17) is 4.74 Å². The van der Waals surface area contributed by atoms with Crippen molar-refractivity contribution in [2.24, 2.45) is 7.05 Å². The lowest BCUT2D eigenvalue weighted by Gasteiger charge is -2.34. The zero-order chi connectivity index (χ0) is 14.0. The Bertz CT molecular complexity index is 462. The van der Waals surface area contributed by atoms with Gasteiger partial charge in [0.2, 0.25) is 0 Å². The number of rotatable bonds is 3. The van der Waals surface area contributed by atoms with Crippen LogP contribution in [0.1, 0.15) is 44.1 Å². The van der Waals surface area contributed by atoms with E-state index in [9.17, 15) is 0 Å². The van der Waals surface area contributed by atoms with Crippen molar-refractivity contribution >= 4 is 5.57 Å². The highest BCUT2D eigenvalue weighted by molar-refractivity contribution is 5.65. The van der Waals surface area contributed by atoms with E-state index >= 15 is 0 Å². The third-order valence-corrected chi connectivity index (χ3v) is 4.13. The van der Waals surface area contributed by atoms with Crippen LogP contribution in [0.5, 0.6) is 0 Å². The Kier molecular flexibility index (Phi) is 4.42. The minimum atomic E-state index is 0.151. The third kappa shape index (κ3) is 2.90. The fourth-order valence-corrected chi connectivity index (χ4v) is 2.73. The van der Waals surface area contributed by atoms with E-state index < -0.39 is 0 Å². The first kappa shape index (κ1) is 14.3. The first-order valence-electron chi connectivity index (χ1n) is 6.97. The number of ether oxygens (including phenoxy) is 1. The van der Waals surface area contributed by atoms with Gasteiger partial charge in [-0.15, -0.1) is 0 Å². The van der Waals surface area contributed by atoms with Crippen LogP contribution >= 0.6 is 0 Å². The minimum absolute atomic E-state index is 0.151. The summed E-state index contributed by atoms with van der Waals surface area (Å²) >= 11 is 0. The van der Waals surface area contributed by atoms with Gasteiger partial charge in [0.1, 0.15) is 6.10 Å². The van der Waals surface area contributed by atoms with Gasteiger partial charge in [0, 0.05) is 25.3 Å². The fraction of sp³-hybridized carbons (Fsp3) is 0.667. The molecule has 0 saturated carbocycles. The second-order valence-corrected chi connectivity index (χ2v) is 5.54. The van der Waals surface area contributed by atoms with Gasteiger partial charge in [0.25, 0.3) is 0 Å². The first-order valence-corrected chi connectivity index (χ1v) is 6.97. The van der Waals surface area contributed by atoms with Crippen molar-refractivity contribution in [1.29, 1.82) is 0 Å². The first-order chi connectivity index (χ1) is 9.04. The summed E-state index contributed by atoms with van der Waals surface area (Å²) in [6.07, 6.45) is 6.38. The second kappa shape index (κ2) is 5.88. The van der Waals surface area contributed by atoms with Crippen molar-refractivity contribution in [3.8, 4) is 0 Å². The van der Waals surface area contributed by atoms with E-state index in [1.165, 1.54) is 16.8 Å². The molecule has 1 fully saturated rings. The number of nitrogens with zero attached hydrogens (tertiary/aromatic N) is 3. The van der Waals surface area contributed by atoms with Crippen molar-refractivity contribution in [3.05, 3.63) is 23.5 Å². The maximum atomic E-state index is 6.00. The maximum absolute atomic E-state index is 6.00. The lowest BCUT2D eigenvalue weighted by atomic mass is 9.96. The summed E-state index contributed by atoms with van der Waals surface area (Å²) in [7, 11) is 6.30. The number of aryl methyl sites for hydroxylation is 1. The van der Waals surface area contributed by atoms with Gasteiger partial charge in [0.05, 0.1) is 11.9 Å². The van der Waals surface area contributed by atoms with Crippen LogP contribution in [0.25, 0.3) is 5.57 Å². The van der Waals surface area contributed by atoms with Crippen molar-refractivity contribution in [2.45, 2.75) is 38.8 Å². The number of aromatic nitrogens is 2. The van der Waals surface area contributed by atoms with E-state index in [0.717, 1.165) is 19.4 Å². The normalized spacial score (nSPS) is 25.1. The molecule has 0 N–H and O–H groups in total. The average Bonchev–Trinajstić information content (AvgIpc) is 2.80. The molecule has 1 aromatic rings. The Morgan fingerprint density at radius 1 is 1.53 bits per heavy atom. The minimum Gasteiger partial charge on any atom is -0.372 e. The lowest BCUT2D eigenvalue weighted by molar-refractivity contribution is -0.0229. The molecule has 1 aliphatic heterocycles.